The molecule has 0 spiro atoms. The first-order valence-corrected chi connectivity index (χ1v) is 8.05. The van der Waals surface area contributed by atoms with Crippen LogP contribution < -0.4 is 4.72 Å². The van der Waals surface area contributed by atoms with Crippen molar-refractivity contribution in [2.75, 3.05) is 19.4 Å². The van der Waals surface area contributed by atoms with Gasteiger partial charge in [-0.15, -0.1) is 0 Å². The van der Waals surface area contributed by atoms with Crippen molar-refractivity contribution < 1.29 is 13.2 Å². The number of methoxy groups -OCH3 is 1. The highest BCUT2D eigenvalue weighted by molar-refractivity contribution is 7.89. The molecule has 1 aromatic rings. The molecule has 0 unspecified atom stereocenters. The highest BCUT2D eigenvalue weighted by atomic mass is 32.2. The molecule has 0 amide bonds. The van der Waals surface area contributed by atoms with E-state index in [-0.39, 0.29) is 11.9 Å². The Labute approximate surface area is 116 Å². The van der Waals surface area contributed by atoms with Crippen LogP contribution in [-0.4, -0.2) is 33.9 Å². The van der Waals surface area contributed by atoms with Crippen LogP contribution in [0.3, 0.4) is 0 Å². The minimum atomic E-state index is -3.26. The standard InChI is InChI=1S/C14H23NO3S/c1-11-5-6-14(12(2)9-11)7-8-15-19(16,17)10-13(3)18-4/h5-6,9,13,15H,7-8,10H2,1-4H3/t13-/m0/s1. The van der Waals surface area contributed by atoms with Crippen molar-refractivity contribution in [3.63, 3.8) is 0 Å². The fourth-order valence-corrected chi connectivity index (χ4v) is 3.19. The van der Waals surface area contributed by atoms with Gasteiger partial charge in [-0.1, -0.05) is 23.8 Å². The Morgan fingerprint density at radius 2 is 2.00 bits per heavy atom. The molecule has 0 saturated carbocycles. The van der Waals surface area contributed by atoms with Crippen LogP contribution in [0, 0.1) is 13.8 Å². The van der Waals surface area contributed by atoms with Gasteiger partial charge < -0.3 is 4.74 Å². The van der Waals surface area contributed by atoms with Crippen LogP contribution in [0.15, 0.2) is 18.2 Å². The van der Waals surface area contributed by atoms with Gasteiger partial charge in [0.25, 0.3) is 0 Å². The van der Waals surface area contributed by atoms with Crippen LogP contribution in [-0.2, 0) is 21.2 Å². The van der Waals surface area contributed by atoms with E-state index in [1.165, 1.54) is 23.8 Å². The van der Waals surface area contributed by atoms with Crippen molar-refractivity contribution in [2.45, 2.75) is 33.3 Å². The number of aryl methyl sites for hydroxylation is 2. The van der Waals surface area contributed by atoms with Crippen molar-refractivity contribution >= 4 is 10.0 Å². The average Bonchev–Trinajstić information content (AvgIpc) is 2.31. The lowest BCUT2D eigenvalue weighted by Gasteiger charge is -2.12. The van der Waals surface area contributed by atoms with E-state index in [0.717, 1.165) is 0 Å². The molecule has 0 aliphatic heterocycles. The minimum absolute atomic E-state index is 0.00359. The van der Waals surface area contributed by atoms with Crippen molar-refractivity contribution in [3.8, 4) is 0 Å². The van der Waals surface area contributed by atoms with Crippen LogP contribution in [0.4, 0.5) is 0 Å². The van der Waals surface area contributed by atoms with E-state index in [9.17, 15) is 8.42 Å². The lowest BCUT2D eigenvalue weighted by Crippen LogP contribution is -2.33. The van der Waals surface area contributed by atoms with Crippen LogP contribution in [0.25, 0.3) is 0 Å². The van der Waals surface area contributed by atoms with Gasteiger partial charge in [0, 0.05) is 13.7 Å². The van der Waals surface area contributed by atoms with Gasteiger partial charge in [-0.05, 0) is 38.3 Å². The first-order chi connectivity index (χ1) is 8.84. The summed E-state index contributed by atoms with van der Waals surface area (Å²) in [6.07, 6.45) is 0.408. The van der Waals surface area contributed by atoms with Gasteiger partial charge in [0.05, 0.1) is 11.9 Å². The van der Waals surface area contributed by atoms with E-state index < -0.39 is 10.0 Å². The Hall–Kier alpha value is -0.910. The molecule has 1 atom stereocenters. The Balaban J connectivity index is 2.50. The Morgan fingerprint density at radius 1 is 1.32 bits per heavy atom. The summed E-state index contributed by atoms with van der Waals surface area (Å²) in [6.45, 7) is 6.25. The Bertz CT molecular complexity index is 511. The molecular formula is C14H23NO3S. The van der Waals surface area contributed by atoms with Crippen LogP contribution in [0.2, 0.25) is 0 Å². The number of sulfonamides is 1. The molecule has 4 nitrogen and oxygen atoms in total. The molecule has 1 aromatic carbocycles. The summed E-state index contributed by atoms with van der Waals surface area (Å²) in [5.74, 6) is -0.00359. The zero-order valence-electron chi connectivity index (χ0n) is 12.1. The monoisotopic (exact) mass is 285 g/mol. The third-order valence-electron chi connectivity index (χ3n) is 3.07. The molecule has 0 bridgehead atoms. The van der Waals surface area contributed by atoms with E-state index >= 15 is 0 Å². The molecule has 0 radical (unpaired) electrons. The number of benzene rings is 1. The summed E-state index contributed by atoms with van der Waals surface area (Å²) in [7, 11) is -1.75. The van der Waals surface area contributed by atoms with Gasteiger partial charge in [-0.2, -0.15) is 0 Å². The van der Waals surface area contributed by atoms with Crippen molar-refractivity contribution in [2.24, 2.45) is 0 Å². The molecule has 0 heterocycles. The van der Waals surface area contributed by atoms with Crippen molar-refractivity contribution in [1.29, 1.82) is 0 Å². The summed E-state index contributed by atoms with van der Waals surface area (Å²) < 4.78 is 31.0. The van der Waals surface area contributed by atoms with E-state index in [1.54, 1.807) is 6.92 Å². The number of hydrogen-bond donors (Lipinski definition) is 1. The quantitative estimate of drug-likeness (QED) is 0.831. The second-order valence-corrected chi connectivity index (χ2v) is 6.75. The molecule has 108 valence electrons. The zero-order chi connectivity index (χ0) is 14.5. The highest BCUT2D eigenvalue weighted by Gasteiger charge is 2.14. The second-order valence-electron chi connectivity index (χ2n) is 4.90. The number of rotatable bonds is 7. The van der Waals surface area contributed by atoms with Gasteiger partial charge in [0.1, 0.15) is 0 Å². The predicted octanol–water partition coefficient (Wildman–Crippen LogP) is 1.80. The Kier molecular flexibility index (Phi) is 5.97. The van der Waals surface area contributed by atoms with Gasteiger partial charge in [0.15, 0.2) is 0 Å². The summed E-state index contributed by atoms with van der Waals surface area (Å²) in [5, 5.41) is 0. The third kappa shape index (κ3) is 5.72. The average molecular weight is 285 g/mol. The van der Waals surface area contributed by atoms with Crippen molar-refractivity contribution in [3.05, 3.63) is 34.9 Å². The zero-order valence-corrected chi connectivity index (χ0v) is 12.9. The molecule has 5 heteroatoms. The molecule has 1 N–H and O–H groups in total. The van der Waals surface area contributed by atoms with Crippen LogP contribution in [0.1, 0.15) is 23.6 Å². The SMILES string of the molecule is CO[C@@H](C)CS(=O)(=O)NCCc1ccc(C)cc1C. The fraction of sp³-hybridized carbons (Fsp3) is 0.571. The molecule has 19 heavy (non-hydrogen) atoms. The summed E-state index contributed by atoms with van der Waals surface area (Å²) in [5.41, 5.74) is 3.59. The topological polar surface area (TPSA) is 55.4 Å². The summed E-state index contributed by atoms with van der Waals surface area (Å²) in [4.78, 5) is 0. The molecule has 0 aliphatic carbocycles. The number of nitrogens with one attached hydrogen (secondary N) is 1. The van der Waals surface area contributed by atoms with E-state index in [2.05, 4.69) is 16.9 Å². The molecule has 0 fully saturated rings. The lowest BCUT2D eigenvalue weighted by molar-refractivity contribution is 0.136. The number of ether oxygens (including phenoxy) is 1. The third-order valence-corrected chi connectivity index (χ3v) is 4.62. The van der Waals surface area contributed by atoms with Gasteiger partial charge >= 0.3 is 0 Å². The van der Waals surface area contributed by atoms with E-state index in [4.69, 9.17) is 4.74 Å². The van der Waals surface area contributed by atoms with Crippen LogP contribution in [0.5, 0.6) is 0 Å². The Morgan fingerprint density at radius 3 is 2.58 bits per heavy atom. The van der Waals surface area contributed by atoms with E-state index in [0.29, 0.717) is 13.0 Å². The minimum Gasteiger partial charge on any atom is -0.381 e. The molecule has 0 aromatic heterocycles. The molecule has 0 aliphatic rings. The maximum absolute atomic E-state index is 11.7. The number of hydrogen-bond acceptors (Lipinski definition) is 3. The smallest absolute Gasteiger partial charge is 0.214 e. The van der Waals surface area contributed by atoms with E-state index in [1.807, 2.05) is 19.9 Å². The second kappa shape index (κ2) is 7.03. The summed E-state index contributed by atoms with van der Waals surface area (Å²) >= 11 is 0. The molecule has 0 saturated heterocycles. The fourth-order valence-electron chi connectivity index (χ4n) is 1.90. The maximum Gasteiger partial charge on any atom is 0.214 e. The highest BCUT2D eigenvalue weighted by Crippen LogP contribution is 2.10. The lowest BCUT2D eigenvalue weighted by atomic mass is 10.0. The van der Waals surface area contributed by atoms with Crippen molar-refractivity contribution in [1.82, 2.24) is 4.72 Å². The van der Waals surface area contributed by atoms with Gasteiger partial charge in [0.2, 0.25) is 10.0 Å². The van der Waals surface area contributed by atoms with Gasteiger partial charge in [-0.3, -0.25) is 0 Å². The predicted molar refractivity (Wildman–Crippen MR) is 77.9 cm³/mol. The largest absolute Gasteiger partial charge is 0.381 e. The molecular weight excluding hydrogens is 262 g/mol. The summed E-state index contributed by atoms with van der Waals surface area (Å²) in [6, 6.07) is 6.21. The molecule has 1 rings (SSSR count). The normalized spacial score (nSPS) is 13.5. The first-order valence-electron chi connectivity index (χ1n) is 6.40. The van der Waals surface area contributed by atoms with Gasteiger partial charge in [-0.25, -0.2) is 13.1 Å². The van der Waals surface area contributed by atoms with Crippen LogP contribution >= 0.6 is 0 Å². The maximum atomic E-state index is 11.7. The first kappa shape index (κ1) is 16.1.